The van der Waals surface area contributed by atoms with Crippen LogP contribution in [0.3, 0.4) is 0 Å². The number of hydrogen-bond donors (Lipinski definition) is 1. The van der Waals surface area contributed by atoms with Crippen molar-refractivity contribution in [1.82, 2.24) is 4.57 Å². The van der Waals surface area contributed by atoms with Gasteiger partial charge in [-0.15, -0.1) is 0 Å². The van der Waals surface area contributed by atoms with Crippen molar-refractivity contribution in [3.05, 3.63) is 35.0 Å². The molecule has 1 aromatic carbocycles. The topological polar surface area (TPSA) is 42.2 Å². The van der Waals surface area contributed by atoms with Crippen molar-refractivity contribution in [3.63, 3.8) is 0 Å². The van der Waals surface area contributed by atoms with Gasteiger partial charge in [0.25, 0.3) is 0 Å². The van der Waals surface area contributed by atoms with Gasteiger partial charge in [-0.3, -0.25) is 0 Å². The van der Waals surface area contributed by atoms with Gasteiger partial charge in [0.2, 0.25) is 0 Å². The zero-order valence-corrected chi connectivity index (χ0v) is 12.9. The lowest BCUT2D eigenvalue weighted by molar-refractivity contribution is 0.0697. The Morgan fingerprint density at radius 2 is 1.75 bits per heavy atom. The molecular formula is C17H23NO2. The average molecular weight is 273 g/mol. The van der Waals surface area contributed by atoms with Crippen LogP contribution in [0.5, 0.6) is 0 Å². The lowest BCUT2D eigenvalue weighted by Crippen LogP contribution is -2.02. The van der Waals surface area contributed by atoms with E-state index in [4.69, 9.17) is 0 Å². The molecule has 2 rings (SSSR count). The summed E-state index contributed by atoms with van der Waals surface area (Å²) in [5.41, 5.74) is 3.92. The maximum absolute atomic E-state index is 11.4. The first kappa shape index (κ1) is 14.6. The molecule has 3 heteroatoms. The van der Waals surface area contributed by atoms with E-state index < -0.39 is 5.97 Å². The fourth-order valence-electron chi connectivity index (χ4n) is 2.77. The molecule has 0 radical (unpaired) electrons. The number of aromatic carboxylic acids is 1. The number of aromatic nitrogens is 1. The normalized spacial score (nSPS) is 11.8. The number of carbonyl (C=O) groups is 1. The van der Waals surface area contributed by atoms with Gasteiger partial charge >= 0.3 is 5.97 Å². The molecule has 0 fully saturated rings. The van der Waals surface area contributed by atoms with Gasteiger partial charge in [-0.05, 0) is 42.0 Å². The summed E-state index contributed by atoms with van der Waals surface area (Å²) in [7, 11) is 0. The molecule has 0 spiro atoms. The smallest absolute Gasteiger partial charge is 0.335 e. The van der Waals surface area contributed by atoms with Crippen LogP contribution in [-0.2, 0) is 6.54 Å². The molecular weight excluding hydrogens is 250 g/mol. The van der Waals surface area contributed by atoms with Crippen molar-refractivity contribution in [2.75, 3.05) is 0 Å². The number of rotatable bonds is 4. The molecule has 0 atom stereocenters. The summed E-state index contributed by atoms with van der Waals surface area (Å²) >= 11 is 0. The van der Waals surface area contributed by atoms with Gasteiger partial charge in [-0.2, -0.15) is 0 Å². The summed E-state index contributed by atoms with van der Waals surface area (Å²) in [4.78, 5) is 11.4. The summed E-state index contributed by atoms with van der Waals surface area (Å²) in [5, 5.41) is 10.4. The van der Waals surface area contributed by atoms with Crippen LogP contribution in [0.1, 0.15) is 67.9 Å². The summed E-state index contributed by atoms with van der Waals surface area (Å²) in [6, 6.07) is 3.65. The first-order chi connectivity index (χ1) is 9.36. The zero-order chi connectivity index (χ0) is 15.0. The second-order valence-electron chi connectivity index (χ2n) is 5.95. The van der Waals surface area contributed by atoms with Crippen LogP contribution >= 0.6 is 0 Å². The summed E-state index contributed by atoms with van der Waals surface area (Å²) < 4.78 is 2.24. The van der Waals surface area contributed by atoms with E-state index in [0.717, 1.165) is 17.5 Å². The molecule has 0 aliphatic heterocycles. The SMILES string of the molecule is CCn1cc(C(C)C)c2cc(C(=O)O)cc(C(C)C)c21. The highest BCUT2D eigenvalue weighted by Gasteiger charge is 2.18. The number of benzene rings is 1. The summed E-state index contributed by atoms with van der Waals surface area (Å²) in [5.74, 6) is -0.167. The van der Waals surface area contributed by atoms with Gasteiger partial charge in [0, 0.05) is 18.1 Å². The van der Waals surface area contributed by atoms with E-state index in [1.165, 1.54) is 11.1 Å². The van der Waals surface area contributed by atoms with E-state index in [0.29, 0.717) is 17.4 Å². The molecule has 108 valence electrons. The lowest BCUT2D eigenvalue weighted by atomic mass is 9.94. The van der Waals surface area contributed by atoms with E-state index >= 15 is 0 Å². The van der Waals surface area contributed by atoms with E-state index in [2.05, 4.69) is 45.4 Å². The molecule has 0 aliphatic carbocycles. The second-order valence-corrected chi connectivity index (χ2v) is 5.95. The molecule has 2 aromatic rings. The van der Waals surface area contributed by atoms with Crippen molar-refractivity contribution in [2.45, 2.75) is 53.0 Å². The fourth-order valence-corrected chi connectivity index (χ4v) is 2.77. The third-order valence-electron chi connectivity index (χ3n) is 3.86. The highest BCUT2D eigenvalue weighted by molar-refractivity contribution is 5.97. The highest BCUT2D eigenvalue weighted by Crippen LogP contribution is 2.34. The monoisotopic (exact) mass is 273 g/mol. The maximum Gasteiger partial charge on any atom is 0.335 e. The minimum atomic E-state index is -0.854. The molecule has 0 saturated heterocycles. The van der Waals surface area contributed by atoms with Gasteiger partial charge in [0.15, 0.2) is 0 Å². The Labute approximate surface area is 120 Å². The minimum Gasteiger partial charge on any atom is -0.478 e. The zero-order valence-electron chi connectivity index (χ0n) is 12.9. The average Bonchev–Trinajstić information content (AvgIpc) is 2.75. The largest absolute Gasteiger partial charge is 0.478 e. The van der Waals surface area contributed by atoms with E-state index in [9.17, 15) is 9.90 Å². The predicted octanol–water partition coefficient (Wildman–Crippen LogP) is 4.61. The third-order valence-corrected chi connectivity index (χ3v) is 3.86. The summed E-state index contributed by atoms with van der Waals surface area (Å²) in [6.07, 6.45) is 2.17. The Bertz CT molecular complexity index is 651. The number of nitrogens with zero attached hydrogens (tertiary/aromatic N) is 1. The number of hydrogen-bond acceptors (Lipinski definition) is 1. The van der Waals surface area contributed by atoms with Crippen molar-refractivity contribution < 1.29 is 9.90 Å². The van der Waals surface area contributed by atoms with E-state index in [1.54, 1.807) is 0 Å². The number of aryl methyl sites for hydroxylation is 1. The first-order valence-electron chi connectivity index (χ1n) is 7.26. The van der Waals surface area contributed by atoms with Crippen LogP contribution in [-0.4, -0.2) is 15.6 Å². The number of fused-ring (bicyclic) bond motifs is 1. The highest BCUT2D eigenvalue weighted by atomic mass is 16.4. The number of carboxylic acids is 1. The first-order valence-corrected chi connectivity index (χ1v) is 7.26. The van der Waals surface area contributed by atoms with Gasteiger partial charge in [0.1, 0.15) is 0 Å². The molecule has 1 N–H and O–H groups in total. The van der Waals surface area contributed by atoms with Crippen LogP contribution in [0.2, 0.25) is 0 Å². The summed E-state index contributed by atoms with van der Waals surface area (Å²) in [6.45, 7) is 11.5. The molecule has 1 aromatic heterocycles. The second kappa shape index (κ2) is 5.31. The van der Waals surface area contributed by atoms with Gasteiger partial charge in [-0.25, -0.2) is 4.79 Å². The Kier molecular flexibility index (Phi) is 3.89. The lowest BCUT2D eigenvalue weighted by Gasteiger charge is -2.13. The van der Waals surface area contributed by atoms with Crippen LogP contribution in [0.4, 0.5) is 0 Å². The third kappa shape index (κ3) is 2.33. The van der Waals surface area contributed by atoms with Gasteiger partial charge in [-0.1, -0.05) is 27.7 Å². The quantitative estimate of drug-likeness (QED) is 0.884. The van der Waals surface area contributed by atoms with Crippen molar-refractivity contribution in [1.29, 1.82) is 0 Å². The Balaban J connectivity index is 2.90. The van der Waals surface area contributed by atoms with Crippen LogP contribution < -0.4 is 0 Å². The molecule has 3 nitrogen and oxygen atoms in total. The van der Waals surface area contributed by atoms with Gasteiger partial charge in [0.05, 0.1) is 11.1 Å². The minimum absolute atomic E-state index is 0.303. The molecule has 0 amide bonds. The molecule has 1 heterocycles. The molecule has 0 unspecified atom stereocenters. The van der Waals surface area contributed by atoms with E-state index in [1.807, 2.05) is 12.1 Å². The maximum atomic E-state index is 11.4. The molecule has 0 bridgehead atoms. The van der Waals surface area contributed by atoms with Crippen LogP contribution in [0.15, 0.2) is 18.3 Å². The predicted molar refractivity (Wildman–Crippen MR) is 82.7 cm³/mol. The van der Waals surface area contributed by atoms with Crippen LogP contribution in [0.25, 0.3) is 10.9 Å². The fraction of sp³-hybridized carbons (Fsp3) is 0.471. The van der Waals surface area contributed by atoms with E-state index in [-0.39, 0.29) is 0 Å². The molecule has 0 aliphatic rings. The van der Waals surface area contributed by atoms with Gasteiger partial charge < -0.3 is 9.67 Å². The standard InChI is InChI=1S/C17H23NO2/c1-6-18-9-15(11(4)5)14-8-12(17(19)20)7-13(10(2)3)16(14)18/h7-11H,6H2,1-5H3,(H,19,20). The molecule has 20 heavy (non-hydrogen) atoms. The Morgan fingerprint density at radius 1 is 1.15 bits per heavy atom. The Morgan fingerprint density at radius 3 is 2.20 bits per heavy atom. The van der Waals surface area contributed by atoms with Crippen molar-refractivity contribution in [3.8, 4) is 0 Å². The Hall–Kier alpha value is -1.77. The molecule has 0 saturated carbocycles. The van der Waals surface area contributed by atoms with Crippen LogP contribution in [0, 0.1) is 0 Å². The van der Waals surface area contributed by atoms with Crippen molar-refractivity contribution >= 4 is 16.9 Å². The van der Waals surface area contributed by atoms with Crippen molar-refractivity contribution in [2.24, 2.45) is 0 Å². The number of carboxylic acid groups (broad SMARTS) is 1.